The number of aryl methyl sites for hydroxylation is 1. The summed E-state index contributed by atoms with van der Waals surface area (Å²) in [5, 5.41) is 1.27. The predicted molar refractivity (Wildman–Crippen MR) is 131 cm³/mol. The Morgan fingerprint density at radius 1 is 1.06 bits per heavy atom. The highest BCUT2D eigenvalue weighted by Crippen LogP contribution is 2.30. The number of ether oxygens (including phenoxy) is 1. The molecule has 0 unspecified atom stereocenters. The molecule has 0 saturated carbocycles. The Balaban J connectivity index is 1.40. The Morgan fingerprint density at radius 2 is 1.83 bits per heavy atom. The Labute approximate surface area is 200 Å². The molecule has 2 heterocycles. The molecule has 178 valence electrons. The maximum Gasteiger partial charge on any atom is 0.374 e. The molecule has 0 atom stereocenters. The number of benzene rings is 3. The normalized spacial score (nSPS) is 11.7. The summed E-state index contributed by atoms with van der Waals surface area (Å²) in [6, 6.07) is 17.6. The van der Waals surface area contributed by atoms with E-state index in [9.17, 15) is 17.6 Å². The number of hydrogen-bond acceptors (Lipinski definition) is 5. The number of aromatic nitrogens is 1. The Bertz CT molecular complexity index is 1680. The zero-order chi connectivity index (χ0) is 24.7. The van der Waals surface area contributed by atoms with Crippen LogP contribution < -0.4 is 4.72 Å². The number of fused-ring (bicyclic) bond motifs is 2. The predicted octanol–water partition coefficient (Wildman–Crippen LogP) is 6.01. The van der Waals surface area contributed by atoms with Crippen LogP contribution in [0.5, 0.6) is 0 Å². The molecule has 0 fully saturated rings. The second kappa shape index (κ2) is 8.59. The van der Waals surface area contributed by atoms with Crippen LogP contribution in [0.15, 0.2) is 76.0 Å². The number of carbonyl (C=O) groups excluding carboxylic acids is 1. The van der Waals surface area contributed by atoms with E-state index in [1.165, 1.54) is 30.3 Å². The fraction of sp³-hybridized carbons (Fsp3) is 0.115. The van der Waals surface area contributed by atoms with E-state index in [2.05, 4.69) is 9.71 Å². The lowest BCUT2D eigenvalue weighted by Gasteiger charge is -2.09. The number of anilines is 1. The monoisotopic (exact) mass is 492 g/mol. The van der Waals surface area contributed by atoms with Gasteiger partial charge < -0.3 is 14.1 Å². The van der Waals surface area contributed by atoms with Gasteiger partial charge in [-0.25, -0.2) is 17.6 Å². The summed E-state index contributed by atoms with van der Waals surface area (Å²) in [6.07, 6.45) is 0. The fourth-order valence-corrected chi connectivity index (χ4v) is 5.03. The number of sulfonamides is 1. The number of nitrogens with one attached hydrogen (secondary N) is 2. The molecule has 0 aliphatic carbocycles. The summed E-state index contributed by atoms with van der Waals surface area (Å²) in [5.41, 5.74) is 3.71. The van der Waals surface area contributed by atoms with Crippen molar-refractivity contribution in [3.05, 3.63) is 83.9 Å². The minimum atomic E-state index is -3.90. The van der Waals surface area contributed by atoms with E-state index in [4.69, 9.17) is 9.15 Å². The van der Waals surface area contributed by atoms with Crippen LogP contribution in [-0.2, 0) is 14.8 Å². The van der Waals surface area contributed by atoms with Gasteiger partial charge in [0, 0.05) is 33.2 Å². The first kappa shape index (κ1) is 22.7. The molecule has 2 N–H and O–H groups in total. The maximum atomic E-state index is 13.5. The van der Waals surface area contributed by atoms with Gasteiger partial charge in [0.25, 0.3) is 10.0 Å². The van der Waals surface area contributed by atoms with Gasteiger partial charge in [0.1, 0.15) is 11.4 Å². The number of halogens is 1. The largest absolute Gasteiger partial charge is 0.460 e. The molecule has 7 nitrogen and oxygen atoms in total. The minimum Gasteiger partial charge on any atom is -0.460 e. The van der Waals surface area contributed by atoms with Crippen LogP contribution >= 0.6 is 0 Å². The van der Waals surface area contributed by atoms with Crippen molar-refractivity contribution in [2.75, 3.05) is 11.3 Å². The smallest absolute Gasteiger partial charge is 0.374 e. The summed E-state index contributed by atoms with van der Waals surface area (Å²) in [4.78, 5) is 15.3. The van der Waals surface area contributed by atoms with Crippen molar-refractivity contribution in [2.24, 2.45) is 0 Å². The third-order valence-corrected chi connectivity index (χ3v) is 7.09. The molecule has 0 aliphatic heterocycles. The van der Waals surface area contributed by atoms with Crippen LogP contribution in [0.3, 0.4) is 0 Å². The van der Waals surface area contributed by atoms with E-state index in [1.54, 1.807) is 44.2 Å². The average Bonchev–Trinajstić information content (AvgIpc) is 3.40. The number of rotatable bonds is 6. The summed E-state index contributed by atoms with van der Waals surface area (Å²) in [5.74, 6) is -0.850. The second-order valence-corrected chi connectivity index (χ2v) is 9.71. The molecule has 0 radical (unpaired) electrons. The number of esters is 1. The highest BCUT2D eigenvalue weighted by atomic mass is 32.2. The lowest BCUT2D eigenvalue weighted by Crippen LogP contribution is -2.12. The standard InChI is InChI=1S/C26H21FN2O5S/c1-3-33-26(30)25-15(2)21-14-20(9-11-24(21)34-25)35(31,32)29-19-7-4-16(5-8-19)23-13-17-12-18(27)6-10-22(17)28-23/h4-14,28-29H,3H2,1-2H3. The molecule has 0 amide bonds. The maximum absolute atomic E-state index is 13.5. The van der Waals surface area contributed by atoms with Crippen molar-refractivity contribution in [2.45, 2.75) is 18.7 Å². The van der Waals surface area contributed by atoms with Gasteiger partial charge in [0.15, 0.2) is 0 Å². The van der Waals surface area contributed by atoms with Crippen molar-refractivity contribution in [3.63, 3.8) is 0 Å². The lowest BCUT2D eigenvalue weighted by atomic mass is 10.1. The Morgan fingerprint density at radius 3 is 2.57 bits per heavy atom. The molecule has 3 aromatic carbocycles. The Kier molecular flexibility index (Phi) is 5.56. The van der Waals surface area contributed by atoms with Crippen LogP contribution in [0.2, 0.25) is 0 Å². The van der Waals surface area contributed by atoms with E-state index < -0.39 is 16.0 Å². The molecule has 0 bridgehead atoms. The van der Waals surface area contributed by atoms with E-state index >= 15 is 0 Å². The Hall–Kier alpha value is -4.11. The third-order valence-electron chi connectivity index (χ3n) is 5.71. The van der Waals surface area contributed by atoms with Gasteiger partial charge in [-0.05, 0) is 74.0 Å². The lowest BCUT2D eigenvalue weighted by molar-refractivity contribution is 0.0491. The summed E-state index contributed by atoms with van der Waals surface area (Å²) in [6.45, 7) is 3.58. The van der Waals surface area contributed by atoms with Gasteiger partial charge in [-0.15, -0.1) is 0 Å². The average molecular weight is 493 g/mol. The van der Waals surface area contributed by atoms with Crippen LogP contribution in [0.4, 0.5) is 10.1 Å². The molecule has 5 aromatic rings. The van der Waals surface area contributed by atoms with Crippen molar-refractivity contribution in [1.29, 1.82) is 0 Å². The molecule has 9 heteroatoms. The number of H-pyrrole nitrogens is 1. The van der Waals surface area contributed by atoms with Gasteiger partial charge in [0.2, 0.25) is 5.76 Å². The van der Waals surface area contributed by atoms with Gasteiger partial charge in [0.05, 0.1) is 11.5 Å². The van der Waals surface area contributed by atoms with E-state index in [1.807, 2.05) is 6.07 Å². The fourth-order valence-electron chi connectivity index (χ4n) is 3.95. The second-order valence-electron chi connectivity index (χ2n) is 8.03. The van der Waals surface area contributed by atoms with E-state index in [0.717, 1.165) is 22.2 Å². The molecule has 0 saturated heterocycles. The van der Waals surface area contributed by atoms with Crippen LogP contribution in [0.25, 0.3) is 33.1 Å². The molecule has 0 aliphatic rings. The van der Waals surface area contributed by atoms with Gasteiger partial charge in [-0.2, -0.15) is 0 Å². The highest BCUT2D eigenvalue weighted by molar-refractivity contribution is 7.92. The molecular formula is C26H21FN2O5S. The number of hydrogen-bond donors (Lipinski definition) is 2. The quantitative estimate of drug-likeness (QED) is 0.283. The van der Waals surface area contributed by atoms with Crippen molar-refractivity contribution in [1.82, 2.24) is 4.98 Å². The van der Waals surface area contributed by atoms with Crippen LogP contribution in [-0.4, -0.2) is 26.0 Å². The van der Waals surface area contributed by atoms with Crippen molar-refractivity contribution in [3.8, 4) is 11.3 Å². The van der Waals surface area contributed by atoms with E-state index in [0.29, 0.717) is 22.2 Å². The first-order valence-electron chi connectivity index (χ1n) is 10.9. The molecular weight excluding hydrogens is 471 g/mol. The zero-order valence-corrected chi connectivity index (χ0v) is 19.7. The third kappa shape index (κ3) is 4.26. The first-order chi connectivity index (χ1) is 16.7. The zero-order valence-electron chi connectivity index (χ0n) is 18.9. The molecule has 0 spiro atoms. The summed E-state index contributed by atoms with van der Waals surface area (Å²) in [7, 11) is -3.90. The number of aromatic amines is 1. The van der Waals surface area contributed by atoms with Gasteiger partial charge in [-0.1, -0.05) is 12.1 Å². The van der Waals surface area contributed by atoms with Gasteiger partial charge >= 0.3 is 5.97 Å². The van der Waals surface area contributed by atoms with Crippen molar-refractivity contribution >= 4 is 43.6 Å². The molecule has 35 heavy (non-hydrogen) atoms. The van der Waals surface area contributed by atoms with Crippen LogP contribution in [0, 0.1) is 12.7 Å². The molecule has 5 rings (SSSR count). The number of carbonyl (C=O) groups is 1. The van der Waals surface area contributed by atoms with Crippen molar-refractivity contribution < 1.29 is 26.8 Å². The van der Waals surface area contributed by atoms with Crippen LogP contribution in [0.1, 0.15) is 23.0 Å². The highest BCUT2D eigenvalue weighted by Gasteiger charge is 2.22. The SMILES string of the molecule is CCOC(=O)c1oc2ccc(S(=O)(=O)Nc3ccc(-c4cc5cc(F)ccc5[nH]4)cc3)cc2c1C. The molecule has 2 aromatic heterocycles. The first-order valence-corrected chi connectivity index (χ1v) is 12.4. The summed E-state index contributed by atoms with van der Waals surface area (Å²) < 4.78 is 52.7. The topological polar surface area (TPSA) is 101 Å². The minimum absolute atomic E-state index is 0.0334. The van der Waals surface area contributed by atoms with Gasteiger partial charge in [-0.3, -0.25) is 4.72 Å². The summed E-state index contributed by atoms with van der Waals surface area (Å²) >= 11 is 0. The number of furan rings is 1. The van der Waals surface area contributed by atoms with E-state index in [-0.39, 0.29) is 23.1 Å².